The molecule has 3 rings (SSSR count). The number of nitrogens with one attached hydrogen (secondary N) is 2. The number of anilines is 1. The van der Waals surface area contributed by atoms with Crippen molar-refractivity contribution >= 4 is 35.2 Å². The number of rotatable bonds is 7. The van der Waals surface area contributed by atoms with Crippen LogP contribution in [0, 0.1) is 18.3 Å². The number of hydrogen-bond acceptors (Lipinski definition) is 6. The zero-order valence-corrected chi connectivity index (χ0v) is 19.5. The molecule has 33 heavy (non-hydrogen) atoms. The van der Waals surface area contributed by atoms with Gasteiger partial charge in [0, 0.05) is 18.0 Å². The highest BCUT2D eigenvalue weighted by molar-refractivity contribution is 8.03. The van der Waals surface area contributed by atoms with E-state index in [1.165, 1.54) is 7.11 Å². The largest absolute Gasteiger partial charge is 0.465 e. The summed E-state index contributed by atoms with van der Waals surface area (Å²) in [7, 11) is 1.31. The maximum absolute atomic E-state index is 12.6. The lowest BCUT2D eigenvalue weighted by molar-refractivity contribution is -0.121. The number of methoxy groups -OCH3 is 1. The Bertz CT molecular complexity index is 1150. The van der Waals surface area contributed by atoms with Gasteiger partial charge < -0.3 is 15.4 Å². The number of ether oxygens (including phenoxy) is 1. The maximum atomic E-state index is 12.6. The summed E-state index contributed by atoms with van der Waals surface area (Å²) in [4.78, 5) is 36.7. The predicted molar refractivity (Wildman–Crippen MR) is 128 cm³/mol. The van der Waals surface area contributed by atoms with Crippen LogP contribution in [0.1, 0.15) is 46.3 Å². The summed E-state index contributed by atoms with van der Waals surface area (Å²) < 4.78 is 4.71. The van der Waals surface area contributed by atoms with Gasteiger partial charge in [0.1, 0.15) is 0 Å². The Labute approximate surface area is 197 Å². The summed E-state index contributed by atoms with van der Waals surface area (Å²) in [5, 5.41) is 15.9. The Kier molecular flexibility index (Phi) is 7.91. The molecule has 0 radical (unpaired) electrons. The van der Waals surface area contributed by atoms with E-state index in [0.717, 1.165) is 40.6 Å². The van der Waals surface area contributed by atoms with E-state index in [1.807, 2.05) is 32.0 Å². The summed E-state index contributed by atoms with van der Waals surface area (Å²) in [6, 6.07) is 14.7. The number of amides is 2. The smallest absolute Gasteiger partial charge is 0.337 e. The number of nitrogens with zero attached hydrogens (tertiary/aromatic N) is 1. The first-order chi connectivity index (χ1) is 15.9. The van der Waals surface area contributed by atoms with E-state index in [9.17, 15) is 19.6 Å². The molecule has 0 saturated heterocycles. The van der Waals surface area contributed by atoms with Crippen LogP contribution in [0.3, 0.4) is 0 Å². The molecule has 1 atom stereocenters. The zero-order chi connectivity index (χ0) is 24.0. The SMILES string of the molecule is CCc1cccc(C)c1NC(=O)CSC1=C(C#N)[C@@H](c2ccc(C(=O)OC)cc2)CC(=O)N1. The van der Waals surface area contributed by atoms with Gasteiger partial charge in [-0.25, -0.2) is 4.79 Å². The lowest BCUT2D eigenvalue weighted by atomic mass is 9.87. The van der Waals surface area contributed by atoms with E-state index < -0.39 is 11.9 Å². The second-order valence-electron chi connectivity index (χ2n) is 7.57. The fraction of sp³-hybridized carbons (Fsp3) is 0.280. The van der Waals surface area contributed by atoms with Crippen molar-refractivity contribution in [2.24, 2.45) is 0 Å². The molecule has 2 aromatic rings. The molecule has 8 heteroatoms. The number of allylic oxidation sites excluding steroid dienone is 1. The quantitative estimate of drug-likeness (QED) is 0.600. The maximum Gasteiger partial charge on any atom is 0.337 e. The third-order valence-corrected chi connectivity index (χ3v) is 6.46. The summed E-state index contributed by atoms with van der Waals surface area (Å²) in [6.45, 7) is 3.97. The normalized spacial score (nSPS) is 15.5. The number of esters is 1. The molecule has 0 aromatic heterocycles. The minimum absolute atomic E-state index is 0.0479. The number of benzene rings is 2. The summed E-state index contributed by atoms with van der Waals surface area (Å²) in [5.74, 6) is -1.31. The lowest BCUT2D eigenvalue weighted by Crippen LogP contribution is -2.31. The van der Waals surface area contributed by atoms with Crippen LogP contribution in [0.5, 0.6) is 0 Å². The van der Waals surface area contributed by atoms with Gasteiger partial charge in [-0.1, -0.05) is 49.0 Å². The predicted octanol–water partition coefficient (Wildman–Crippen LogP) is 4.05. The number of para-hydroxylation sites is 1. The topological polar surface area (TPSA) is 108 Å². The number of nitriles is 1. The summed E-state index contributed by atoms with van der Waals surface area (Å²) >= 11 is 1.13. The van der Waals surface area contributed by atoms with E-state index in [0.29, 0.717) is 16.2 Å². The highest BCUT2D eigenvalue weighted by atomic mass is 32.2. The first kappa shape index (κ1) is 24.1. The molecule has 0 saturated carbocycles. The Morgan fingerprint density at radius 2 is 1.97 bits per heavy atom. The molecule has 2 amide bonds. The van der Waals surface area contributed by atoms with Crippen LogP contribution >= 0.6 is 11.8 Å². The second-order valence-corrected chi connectivity index (χ2v) is 8.56. The van der Waals surface area contributed by atoms with Gasteiger partial charge in [-0.05, 0) is 42.2 Å². The van der Waals surface area contributed by atoms with Gasteiger partial charge in [-0.2, -0.15) is 5.26 Å². The minimum atomic E-state index is -0.457. The van der Waals surface area contributed by atoms with Gasteiger partial charge in [0.2, 0.25) is 11.8 Å². The number of aryl methyl sites for hydroxylation is 2. The van der Waals surface area contributed by atoms with Gasteiger partial charge >= 0.3 is 5.97 Å². The van der Waals surface area contributed by atoms with Gasteiger partial charge in [0.15, 0.2) is 0 Å². The Morgan fingerprint density at radius 3 is 2.61 bits per heavy atom. The van der Waals surface area contributed by atoms with Crippen molar-refractivity contribution in [2.75, 3.05) is 18.2 Å². The molecule has 0 bridgehead atoms. The van der Waals surface area contributed by atoms with Gasteiger partial charge in [-0.15, -0.1) is 0 Å². The average molecular weight is 464 g/mol. The second kappa shape index (κ2) is 10.8. The summed E-state index contributed by atoms with van der Waals surface area (Å²) in [6.07, 6.45) is 0.903. The van der Waals surface area contributed by atoms with Crippen molar-refractivity contribution in [3.05, 3.63) is 75.3 Å². The van der Waals surface area contributed by atoms with E-state index in [-0.39, 0.29) is 24.0 Å². The number of carbonyl (C=O) groups excluding carboxylic acids is 3. The molecule has 1 aliphatic heterocycles. The lowest BCUT2D eigenvalue weighted by Gasteiger charge is -2.25. The van der Waals surface area contributed by atoms with Crippen LogP contribution in [0.15, 0.2) is 53.1 Å². The molecule has 1 aliphatic rings. The summed E-state index contributed by atoms with van der Waals surface area (Å²) in [5.41, 5.74) is 4.35. The number of hydrogen-bond donors (Lipinski definition) is 2. The Morgan fingerprint density at radius 1 is 1.24 bits per heavy atom. The third-order valence-electron chi connectivity index (χ3n) is 5.44. The monoisotopic (exact) mass is 463 g/mol. The van der Waals surface area contributed by atoms with Crippen molar-refractivity contribution in [3.8, 4) is 6.07 Å². The minimum Gasteiger partial charge on any atom is -0.465 e. The van der Waals surface area contributed by atoms with Gasteiger partial charge in [0.25, 0.3) is 0 Å². The molecule has 0 fully saturated rings. The van der Waals surface area contributed by atoms with Crippen molar-refractivity contribution in [1.82, 2.24) is 5.32 Å². The zero-order valence-electron chi connectivity index (χ0n) is 18.7. The third kappa shape index (κ3) is 5.62. The molecule has 1 heterocycles. The molecule has 0 spiro atoms. The fourth-order valence-corrected chi connectivity index (χ4v) is 4.58. The van der Waals surface area contributed by atoms with Crippen molar-refractivity contribution in [3.63, 3.8) is 0 Å². The van der Waals surface area contributed by atoms with Crippen LogP contribution in [0.25, 0.3) is 0 Å². The van der Waals surface area contributed by atoms with E-state index in [4.69, 9.17) is 4.74 Å². The Balaban J connectivity index is 1.78. The van der Waals surface area contributed by atoms with E-state index in [1.54, 1.807) is 24.3 Å². The molecule has 2 aromatic carbocycles. The van der Waals surface area contributed by atoms with E-state index >= 15 is 0 Å². The molecular formula is C25H25N3O4S. The molecule has 0 aliphatic carbocycles. The van der Waals surface area contributed by atoms with Gasteiger partial charge in [-0.3, -0.25) is 9.59 Å². The Hall–Kier alpha value is -3.57. The van der Waals surface area contributed by atoms with Crippen LogP contribution < -0.4 is 10.6 Å². The first-order valence-corrected chi connectivity index (χ1v) is 11.5. The molecule has 0 unspecified atom stereocenters. The molecule has 170 valence electrons. The first-order valence-electron chi connectivity index (χ1n) is 10.5. The highest BCUT2D eigenvalue weighted by Gasteiger charge is 2.30. The molecule has 2 N–H and O–H groups in total. The number of thioether (sulfide) groups is 1. The van der Waals surface area contributed by atoms with Crippen LogP contribution in [0.4, 0.5) is 5.69 Å². The number of carbonyl (C=O) groups is 3. The van der Waals surface area contributed by atoms with Crippen molar-refractivity contribution in [1.29, 1.82) is 5.26 Å². The highest BCUT2D eigenvalue weighted by Crippen LogP contribution is 2.36. The van der Waals surface area contributed by atoms with Crippen molar-refractivity contribution < 1.29 is 19.1 Å². The van der Waals surface area contributed by atoms with E-state index in [2.05, 4.69) is 16.7 Å². The molecule has 7 nitrogen and oxygen atoms in total. The van der Waals surface area contributed by atoms with Crippen molar-refractivity contribution in [2.45, 2.75) is 32.6 Å². The fourth-order valence-electron chi connectivity index (χ4n) is 3.70. The standard InChI is InChI=1S/C25H25N3O4S/c1-4-16-7-5-6-15(2)23(16)27-22(30)14-33-24-20(13-26)19(12-21(29)28-24)17-8-10-18(11-9-17)25(31)32-3/h5-11,19H,4,12,14H2,1-3H3,(H,27,30)(H,28,29)/t19-/m1/s1. The average Bonchev–Trinajstić information content (AvgIpc) is 2.83. The van der Waals surface area contributed by atoms with Crippen LogP contribution in [0.2, 0.25) is 0 Å². The molecular weight excluding hydrogens is 438 g/mol. The van der Waals surface area contributed by atoms with Gasteiger partial charge in [0.05, 0.1) is 35.1 Å². The van der Waals surface area contributed by atoms with Crippen LogP contribution in [-0.2, 0) is 20.7 Å². The van der Waals surface area contributed by atoms with Crippen LogP contribution in [-0.4, -0.2) is 30.6 Å².